The first-order valence-electron chi connectivity index (χ1n) is 21.1. The van der Waals surface area contributed by atoms with Crippen LogP contribution in [0.2, 0.25) is 10.0 Å². The molecule has 318 valence electrons. The summed E-state index contributed by atoms with van der Waals surface area (Å²) >= 11 is 15.3. The summed E-state index contributed by atoms with van der Waals surface area (Å²) in [5.74, 6) is -0.449. The Kier molecular flexibility index (Phi) is 17.4. The van der Waals surface area contributed by atoms with Crippen LogP contribution in [0.3, 0.4) is 0 Å². The number of aldehydes is 1. The van der Waals surface area contributed by atoms with Crippen LogP contribution >= 0.6 is 35.1 Å². The minimum Gasteiger partial charge on any atom is -0.494 e. The average Bonchev–Trinajstić information content (AvgIpc) is 3.95. The zero-order valence-corrected chi connectivity index (χ0v) is 37.7. The minimum absolute atomic E-state index is 0.211. The molecule has 0 amide bonds. The summed E-state index contributed by atoms with van der Waals surface area (Å²) in [6.45, 7) is 15.3. The smallest absolute Gasteiger partial charge is 0.307 e. The van der Waals surface area contributed by atoms with E-state index in [1.165, 1.54) is 25.7 Å². The van der Waals surface area contributed by atoms with Gasteiger partial charge in [-0.1, -0.05) is 61.5 Å². The molecule has 0 bridgehead atoms. The van der Waals surface area contributed by atoms with E-state index in [4.69, 9.17) is 38.7 Å². The summed E-state index contributed by atoms with van der Waals surface area (Å²) in [4.78, 5) is 32.5. The summed E-state index contributed by atoms with van der Waals surface area (Å²) in [6, 6.07) is 7.85. The van der Waals surface area contributed by atoms with Gasteiger partial charge < -0.3 is 25.0 Å². The molecule has 0 radical (unpaired) electrons. The third-order valence-corrected chi connectivity index (χ3v) is 13.5. The number of carboxylic acid groups (broad SMARTS) is 1. The number of nitrogens with zero attached hydrogens (tertiary/aromatic N) is 4. The molecule has 0 spiro atoms. The highest BCUT2D eigenvalue weighted by Gasteiger charge is 2.30. The molecule has 2 aromatic carbocycles. The number of halogens is 2. The fraction of sp³-hybridized carbons (Fsp3) is 0.578. The zero-order chi connectivity index (χ0) is 41.9. The number of benzene rings is 2. The highest BCUT2D eigenvalue weighted by atomic mass is 35.5. The summed E-state index contributed by atoms with van der Waals surface area (Å²) in [5, 5.41) is 16.7. The van der Waals surface area contributed by atoms with Gasteiger partial charge in [0.2, 0.25) is 0 Å². The second kappa shape index (κ2) is 22.0. The quantitative estimate of drug-likeness (QED) is 0.0459. The molecule has 5 rings (SSSR count). The van der Waals surface area contributed by atoms with Crippen LogP contribution in [0.5, 0.6) is 5.75 Å². The van der Waals surface area contributed by atoms with Crippen LogP contribution in [-0.4, -0.2) is 94.6 Å². The lowest BCUT2D eigenvalue weighted by atomic mass is 9.93. The maximum Gasteiger partial charge on any atom is 0.307 e. The summed E-state index contributed by atoms with van der Waals surface area (Å²) in [5.41, 5.74) is 14.4. The lowest BCUT2D eigenvalue weighted by Gasteiger charge is -2.29. The number of hydrogen-bond donors (Lipinski definition) is 3. The van der Waals surface area contributed by atoms with Crippen molar-refractivity contribution in [3.05, 3.63) is 68.0 Å². The van der Waals surface area contributed by atoms with E-state index in [1.807, 2.05) is 57.0 Å². The Hall–Kier alpha value is -3.06. The summed E-state index contributed by atoms with van der Waals surface area (Å²) in [7, 11) is 2.05. The number of allylic oxidation sites excluding steroid dienone is 2. The number of aromatic nitrogens is 1. The zero-order valence-electron chi connectivity index (χ0n) is 35.3. The average molecular weight is 856 g/mol. The Morgan fingerprint density at radius 2 is 1.86 bits per heavy atom. The minimum atomic E-state index is -0.767. The third kappa shape index (κ3) is 12.3. The predicted octanol–water partition coefficient (Wildman–Crippen LogP) is 9.57. The Morgan fingerprint density at radius 3 is 2.50 bits per heavy atom. The van der Waals surface area contributed by atoms with Crippen LogP contribution in [0.25, 0.3) is 16.5 Å². The van der Waals surface area contributed by atoms with Gasteiger partial charge in [-0.2, -0.15) is 0 Å². The number of nitrogens with two attached hydrogens (primary N) is 1. The number of aliphatic imine (C=N–C) groups is 1. The standard InChI is InChI=1S/C45H64Cl2N6O4S/c1-7-9-19-52(58-35-13-14-35)21-17-49-41-26-32(45(55)56)25-33(50-41)27-51(6)18-11-20-53-40(28-54)37(12-10-22-57-34-23-29(3)43(47)30(4)24-34)38-15-16-39(46)42(44(38)53)36(8-2)31(5)48/h15-16,23-24,28,32,35,41,49H,7-14,17-22,25-27,48H2,1-6H3,(H,55,56)/b36-31+. The lowest BCUT2D eigenvalue weighted by Crippen LogP contribution is -2.42. The number of carboxylic acids is 1. The number of ether oxygens (including phenoxy) is 1. The predicted molar refractivity (Wildman–Crippen MR) is 243 cm³/mol. The molecule has 3 aromatic rings. The monoisotopic (exact) mass is 854 g/mol. The van der Waals surface area contributed by atoms with Crippen LogP contribution < -0.4 is 15.8 Å². The number of unbranched alkanes of at least 4 members (excludes halogenated alkanes) is 1. The fourth-order valence-electron chi connectivity index (χ4n) is 8.08. The van der Waals surface area contributed by atoms with Gasteiger partial charge in [-0.05, 0) is 126 Å². The molecule has 1 saturated carbocycles. The van der Waals surface area contributed by atoms with Crippen molar-refractivity contribution in [2.75, 3.05) is 46.4 Å². The number of fused-ring (bicyclic) bond motifs is 1. The van der Waals surface area contributed by atoms with E-state index in [9.17, 15) is 14.7 Å². The van der Waals surface area contributed by atoms with Crippen molar-refractivity contribution in [2.45, 2.75) is 117 Å². The molecule has 1 aliphatic carbocycles. The van der Waals surface area contributed by atoms with E-state index in [2.05, 4.69) is 40.0 Å². The van der Waals surface area contributed by atoms with E-state index < -0.39 is 11.9 Å². The Labute approximate surface area is 360 Å². The van der Waals surface area contributed by atoms with Gasteiger partial charge in [0.15, 0.2) is 6.29 Å². The molecule has 2 aliphatic rings. The highest BCUT2D eigenvalue weighted by molar-refractivity contribution is 7.97. The van der Waals surface area contributed by atoms with Gasteiger partial charge in [0, 0.05) is 71.8 Å². The first-order chi connectivity index (χ1) is 27.8. The number of carbonyl (C=O) groups is 2. The molecule has 10 nitrogen and oxygen atoms in total. The SMILES string of the molecule is CCCCN(CCNC1CC(C(=O)O)CC(CN(C)CCCn2c(C=O)c(CCCOc3cc(C)c(Cl)c(C)c3)c3ccc(Cl)c(/C(CC)=C(\C)N)c32)=N1)SC1CC1. The van der Waals surface area contributed by atoms with Crippen molar-refractivity contribution in [2.24, 2.45) is 16.6 Å². The molecule has 2 heterocycles. The number of carbonyl (C=O) groups excluding carboxylic acids is 1. The Morgan fingerprint density at radius 1 is 1.12 bits per heavy atom. The second-order valence-electron chi connectivity index (χ2n) is 16.1. The van der Waals surface area contributed by atoms with Gasteiger partial charge in [-0.3, -0.25) is 19.9 Å². The number of aryl methyl sites for hydroxylation is 4. The molecule has 1 aliphatic heterocycles. The third-order valence-electron chi connectivity index (χ3n) is 11.2. The van der Waals surface area contributed by atoms with Gasteiger partial charge in [0.25, 0.3) is 0 Å². The molecule has 2 atom stereocenters. The molecule has 1 aromatic heterocycles. The van der Waals surface area contributed by atoms with E-state index in [0.29, 0.717) is 68.2 Å². The normalized spacial score (nSPS) is 17.6. The van der Waals surface area contributed by atoms with Crippen LogP contribution in [-0.2, 0) is 17.8 Å². The van der Waals surface area contributed by atoms with Crippen molar-refractivity contribution < 1.29 is 19.4 Å². The summed E-state index contributed by atoms with van der Waals surface area (Å²) in [6.07, 6.45) is 9.46. The number of nitrogens with one attached hydrogen (secondary N) is 1. The van der Waals surface area contributed by atoms with E-state index in [1.54, 1.807) is 0 Å². The maximum atomic E-state index is 13.0. The van der Waals surface area contributed by atoms with Gasteiger partial charge in [-0.25, -0.2) is 4.31 Å². The fourth-order valence-corrected chi connectivity index (χ4v) is 9.65. The molecular formula is C45H64Cl2N6O4S. The first kappa shape index (κ1) is 46.0. The molecule has 1 fully saturated rings. The number of aliphatic carboxylic acids is 1. The van der Waals surface area contributed by atoms with Crippen LogP contribution in [0.1, 0.15) is 111 Å². The van der Waals surface area contributed by atoms with Gasteiger partial charge in [0.05, 0.1) is 28.8 Å². The van der Waals surface area contributed by atoms with Gasteiger partial charge in [0.1, 0.15) is 11.9 Å². The van der Waals surface area contributed by atoms with Crippen molar-refractivity contribution in [1.82, 2.24) is 19.1 Å². The van der Waals surface area contributed by atoms with Crippen molar-refractivity contribution in [3.63, 3.8) is 0 Å². The largest absolute Gasteiger partial charge is 0.494 e. The van der Waals surface area contributed by atoms with E-state index in [0.717, 1.165) is 99.3 Å². The maximum absolute atomic E-state index is 13.0. The highest BCUT2D eigenvalue weighted by Crippen LogP contribution is 2.39. The van der Waals surface area contributed by atoms with Crippen molar-refractivity contribution in [1.29, 1.82) is 0 Å². The molecule has 58 heavy (non-hydrogen) atoms. The Balaban J connectivity index is 1.29. The topological polar surface area (TPSA) is 125 Å². The molecule has 13 heteroatoms. The number of rotatable bonds is 24. The van der Waals surface area contributed by atoms with Crippen LogP contribution in [0.4, 0.5) is 0 Å². The van der Waals surface area contributed by atoms with Gasteiger partial charge in [-0.15, -0.1) is 0 Å². The van der Waals surface area contributed by atoms with Crippen LogP contribution in [0, 0.1) is 19.8 Å². The van der Waals surface area contributed by atoms with Crippen molar-refractivity contribution >= 4 is 69.6 Å². The molecular weight excluding hydrogens is 792 g/mol. The Bertz CT molecular complexity index is 1930. The molecule has 0 saturated heterocycles. The first-order valence-corrected chi connectivity index (χ1v) is 22.7. The van der Waals surface area contributed by atoms with Gasteiger partial charge >= 0.3 is 5.97 Å². The second-order valence-corrected chi connectivity index (χ2v) is 18.3. The van der Waals surface area contributed by atoms with E-state index >= 15 is 0 Å². The summed E-state index contributed by atoms with van der Waals surface area (Å²) < 4.78 is 10.8. The molecule has 4 N–H and O–H groups in total. The van der Waals surface area contributed by atoms with E-state index in [-0.39, 0.29) is 6.17 Å². The van der Waals surface area contributed by atoms with Crippen molar-refractivity contribution in [3.8, 4) is 5.75 Å². The molecule has 2 unspecified atom stereocenters. The van der Waals surface area contributed by atoms with Crippen LogP contribution in [0.15, 0.2) is 35.0 Å². The number of hydrogen-bond acceptors (Lipinski definition) is 9. The lowest BCUT2D eigenvalue weighted by molar-refractivity contribution is -0.142.